The predicted molar refractivity (Wildman–Crippen MR) is 150 cm³/mol. The van der Waals surface area contributed by atoms with Gasteiger partial charge in [0.25, 0.3) is 5.91 Å². The summed E-state index contributed by atoms with van der Waals surface area (Å²) in [7, 11) is 4.00. The minimum absolute atomic E-state index is 0.202. The molecule has 0 aliphatic heterocycles. The van der Waals surface area contributed by atoms with Crippen molar-refractivity contribution in [2.24, 2.45) is 0 Å². The minimum atomic E-state index is -0.574. The van der Waals surface area contributed by atoms with Crippen molar-refractivity contribution in [3.05, 3.63) is 126 Å². The summed E-state index contributed by atoms with van der Waals surface area (Å²) in [6.45, 7) is 3.66. The van der Waals surface area contributed by atoms with Crippen LogP contribution in [0.4, 0.5) is 11.4 Å². The van der Waals surface area contributed by atoms with Crippen molar-refractivity contribution in [3.63, 3.8) is 0 Å². The Bertz CT molecular complexity index is 1420. The molecule has 0 radical (unpaired) electrons. The minimum Gasteiger partial charge on any atom is -0.423 e. The molecule has 186 valence electrons. The fourth-order valence-electron chi connectivity index (χ4n) is 3.87. The molecule has 0 atom stereocenters. The van der Waals surface area contributed by atoms with E-state index >= 15 is 0 Å². The van der Waals surface area contributed by atoms with Crippen molar-refractivity contribution in [1.29, 1.82) is 0 Å². The Morgan fingerprint density at radius 2 is 1.54 bits per heavy atom. The van der Waals surface area contributed by atoms with E-state index in [4.69, 9.17) is 16.3 Å². The highest BCUT2D eigenvalue weighted by Crippen LogP contribution is 2.30. The first-order valence-electron chi connectivity index (χ1n) is 11.7. The number of halogens is 1. The van der Waals surface area contributed by atoms with Gasteiger partial charge in [0.1, 0.15) is 5.75 Å². The van der Waals surface area contributed by atoms with Gasteiger partial charge in [0.15, 0.2) is 0 Å². The molecule has 6 heteroatoms. The summed E-state index contributed by atoms with van der Waals surface area (Å²) in [6.07, 6.45) is 1.09. The van der Waals surface area contributed by atoms with Gasteiger partial charge in [0.2, 0.25) is 0 Å². The molecular weight excluding hydrogens is 484 g/mol. The lowest BCUT2D eigenvalue weighted by atomic mass is 10.0. The van der Waals surface area contributed by atoms with Crippen molar-refractivity contribution >= 4 is 34.9 Å². The van der Waals surface area contributed by atoms with Crippen LogP contribution in [0.2, 0.25) is 5.02 Å². The standard InChI is InChI=1S/C31H27ClN2O3/c1-4-30(35)37-28-12-8-11-27(20-28)34(31(36)23-9-6-5-7-10-23)21-25-14-13-24(19-29(25)32)22-15-17-26(18-16-22)33(2)3/h4-20H,1,21H2,2-3H3. The van der Waals surface area contributed by atoms with Crippen LogP contribution in [0.15, 0.2) is 110 Å². The summed E-state index contributed by atoms with van der Waals surface area (Å²) in [6, 6.07) is 29.9. The molecule has 1 amide bonds. The second-order valence-corrected chi connectivity index (χ2v) is 9.03. The highest BCUT2D eigenvalue weighted by molar-refractivity contribution is 6.31. The zero-order valence-electron chi connectivity index (χ0n) is 20.7. The van der Waals surface area contributed by atoms with Gasteiger partial charge in [-0.15, -0.1) is 0 Å². The molecule has 0 bridgehead atoms. The zero-order chi connectivity index (χ0) is 26.4. The monoisotopic (exact) mass is 510 g/mol. The van der Waals surface area contributed by atoms with Crippen LogP contribution in [0, 0.1) is 0 Å². The molecule has 0 spiro atoms. The summed E-state index contributed by atoms with van der Waals surface area (Å²) in [5.74, 6) is -0.460. The van der Waals surface area contributed by atoms with Crippen LogP contribution >= 0.6 is 11.6 Å². The third-order valence-electron chi connectivity index (χ3n) is 5.88. The summed E-state index contributed by atoms with van der Waals surface area (Å²) in [5.41, 5.74) is 5.04. The number of ether oxygens (including phenoxy) is 1. The van der Waals surface area contributed by atoms with Gasteiger partial charge in [-0.05, 0) is 59.2 Å². The summed E-state index contributed by atoms with van der Waals surface area (Å²) < 4.78 is 5.28. The second kappa shape index (κ2) is 11.6. The quantitative estimate of drug-likeness (QED) is 0.145. The van der Waals surface area contributed by atoms with E-state index < -0.39 is 5.97 Å². The lowest BCUT2D eigenvalue weighted by molar-refractivity contribution is -0.128. The predicted octanol–water partition coefficient (Wildman–Crippen LogP) is 7.01. The van der Waals surface area contributed by atoms with E-state index in [1.807, 2.05) is 55.4 Å². The highest BCUT2D eigenvalue weighted by Gasteiger charge is 2.20. The van der Waals surface area contributed by atoms with Gasteiger partial charge in [0.05, 0.1) is 6.54 Å². The lowest BCUT2D eigenvalue weighted by Crippen LogP contribution is -2.30. The van der Waals surface area contributed by atoms with Gasteiger partial charge < -0.3 is 14.5 Å². The van der Waals surface area contributed by atoms with E-state index in [0.29, 0.717) is 22.0 Å². The van der Waals surface area contributed by atoms with Crippen molar-refractivity contribution in [3.8, 4) is 16.9 Å². The van der Waals surface area contributed by atoms with E-state index in [0.717, 1.165) is 28.5 Å². The molecule has 5 nitrogen and oxygen atoms in total. The molecule has 0 saturated carbocycles. The van der Waals surface area contributed by atoms with Crippen LogP contribution in [-0.2, 0) is 11.3 Å². The maximum Gasteiger partial charge on any atom is 0.335 e. The molecule has 0 heterocycles. The molecule has 37 heavy (non-hydrogen) atoms. The largest absolute Gasteiger partial charge is 0.423 e. The fourth-order valence-corrected chi connectivity index (χ4v) is 4.11. The zero-order valence-corrected chi connectivity index (χ0v) is 21.5. The van der Waals surface area contributed by atoms with Crippen molar-refractivity contribution in [1.82, 2.24) is 0 Å². The average Bonchev–Trinajstić information content (AvgIpc) is 2.92. The first-order valence-corrected chi connectivity index (χ1v) is 12.1. The van der Waals surface area contributed by atoms with E-state index in [1.54, 1.807) is 41.3 Å². The number of anilines is 2. The molecule has 0 aliphatic carbocycles. The van der Waals surface area contributed by atoms with Gasteiger partial charge in [0, 0.05) is 48.2 Å². The Kier molecular flexibility index (Phi) is 8.06. The molecule has 0 saturated heterocycles. The Labute approximate surface area is 222 Å². The van der Waals surface area contributed by atoms with Crippen LogP contribution in [0.1, 0.15) is 15.9 Å². The second-order valence-electron chi connectivity index (χ2n) is 8.63. The molecule has 0 unspecified atom stereocenters. The van der Waals surface area contributed by atoms with Crippen LogP contribution in [0.25, 0.3) is 11.1 Å². The fraction of sp³-hybridized carbons (Fsp3) is 0.0968. The molecule has 0 aliphatic rings. The third-order valence-corrected chi connectivity index (χ3v) is 6.23. The van der Waals surface area contributed by atoms with Crippen LogP contribution in [0.5, 0.6) is 5.75 Å². The number of carbonyl (C=O) groups is 2. The molecular formula is C31H27ClN2O3. The van der Waals surface area contributed by atoms with Crippen LogP contribution in [-0.4, -0.2) is 26.0 Å². The summed E-state index contributed by atoms with van der Waals surface area (Å²) >= 11 is 6.74. The molecule has 4 aromatic carbocycles. The average molecular weight is 511 g/mol. The van der Waals surface area contributed by atoms with E-state index in [9.17, 15) is 9.59 Å². The van der Waals surface area contributed by atoms with E-state index in [2.05, 4.69) is 30.8 Å². The Morgan fingerprint density at radius 1 is 0.838 bits per heavy atom. The number of nitrogens with zero attached hydrogens (tertiary/aromatic N) is 2. The Hall–Kier alpha value is -4.35. The van der Waals surface area contributed by atoms with Crippen molar-refractivity contribution in [2.75, 3.05) is 23.9 Å². The molecule has 0 fully saturated rings. The molecule has 0 aromatic heterocycles. The number of amides is 1. The molecule has 4 rings (SSSR count). The maximum atomic E-state index is 13.6. The normalized spacial score (nSPS) is 10.5. The first kappa shape index (κ1) is 25.7. The van der Waals surface area contributed by atoms with Gasteiger partial charge in [-0.3, -0.25) is 4.79 Å². The lowest BCUT2D eigenvalue weighted by Gasteiger charge is -2.24. The third kappa shape index (κ3) is 6.26. The number of carbonyl (C=O) groups excluding carboxylic acids is 2. The number of hydrogen-bond acceptors (Lipinski definition) is 4. The van der Waals surface area contributed by atoms with Crippen molar-refractivity contribution < 1.29 is 14.3 Å². The van der Waals surface area contributed by atoms with Gasteiger partial charge in [-0.2, -0.15) is 0 Å². The van der Waals surface area contributed by atoms with Crippen LogP contribution in [0.3, 0.4) is 0 Å². The number of benzene rings is 4. The first-order chi connectivity index (χ1) is 17.9. The van der Waals surface area contributed by atoms with E-state index in [1.165, 1.54) is 0 Å². The highest BCUT2D eigenvalue weighted by atomic mass is 35.5. The molecule has 4 aromatic rings. The van der Waals surface area contributed by atoms with Gasteiger partial charge >= 0.3 is 5.97 Å². The number of esters is 1. The Balaban J connectivity index is 1.67. The summed E-state index contributed by atoms with van der Waals surface area (Å²) in [4.78, 5) is 29.0. The van der Waals surface area contributed by atoms with E-state index in [-0.39, 0.29) is 12.5 Å². The smallest absolute Gasteiger partial charge is 0.335 e. The van der Waals surface area contributed by atoms with Crippen molar-refractivity contribution in [2.45, 2.75) is 6.54 Å². The number of rotatable bonds is 8. The van der Waals surface area contributed by atoms with Gasteiger partial charge in [-0.1, -0.05) is 66.7 Å². The topological polar surface area (TPSA) is 49.9 Å². The number of hydrogen-bond donors (Lipinski definition) is 0. The Morgan fingerprint density at radius 3 is 2.19 bits per heavy atom. The van der Waals surface area contributed by atoms with Crippen LogP contribution < -0.4 is 14.5 Å². The summed E-state index contributed by atoms with van der Waals surface area (Å²) in [5, 5.41) is 0.550. The molecule has 0 N–H and O–H groups in total. The SMILES string of the molecule is C=CC(=O)Oc1cccc(N(Cc2ccc(-c3ccc(N(C)C)cc3)cc2Cl)C(=O)c2ccccc2)c1. The van der Waals surface area contributed by atoms with Gasteiger partial charge in [-0.25, -0.2) is 4.79 Å². The maximum absolute atomic E-state index is 13.6.